The molecule has 0 bridgehead atoms. The second-order valence-corrected chi connectivity index (χ2v) is 12.1. The third-order valence-corrected chi connectivity index (χ3v) is 9.99. The molecule has 0 amide bonds. The lowest BCUT2D eigenvalue weighted by Crippen LogP contribution is -2.51. The van der Waals surface area contributed by atoms with Gasteiger partial charge in [-0.3, -0.25) is 4.79 Å². The minimum Gasteiger partial charge on any atom is -0.462 e. The quantitative estimate of drug-likeness (QED) is 0.369. The number of hydrogen-bond acceptors (Lipinski definition) is 2. The molecular weight excluding hydrogens is 356 g/mol. The minimum atomic E-state index is -0.117. The van der Waals surface area contributed by atoms with E-state index >= 15 is 0 Å². The molecule has 2 nitrogen and oxygen atoms in total. The van der Waals surface area contributed by atoms with Crippen molar-refractivity contribution in [1.29, 1.82) is 0 Å². The third kappa shape index (κ3) is 3.61. The summed E-state index contributed by atoms with van der Waals surface area (Å²) in [6, 6.07) is 0. The molecule has 4 aliphatic carbocycles. The molecule has 2 heteroatoms. The number of esters is 1. The Balaban J connectivity index is 1.53. The molecule has 0 heterocycles. The topological polar surface area (TPSA) is 26.3 Å². The Hall–Kier alpha value is -0.790. The Labute approximate surface area is 179 Å². The van der Waals surface area contributed by atoms with E-state index in [4.69, 9.17) is 4.74 Å². The van der Waals surface area contributed by atoms with Crippen LogP contribution in [-0.4, -0.2) is 12.1 Å². The summed E-state index contributed by atoms with van der Waals surface area (Å²) in [4.78, 5) is 11.5. The number of carbonyl (C=O) groups excluding carboxylic acids is 1. The fraction of sp³-hybridized carbons (Fsp3) is 0.889. The van der Waals surface area contributed by atoms with E-state index in [0.717, 1.165) is 48.3 Å². The molecule has 0 spiro atoms. The van der Waals surface area contributed by atoms with Crippen LogP contribution in [0.4, 0.5) is 0 Å². The molecule has 0 N–H and O–H groups in total. The highest BCUT2D eigenvalue weighted by Crippen LogP contribution is 2.67. The maximum atomic E-state index is 11.5. The van der Waals surface area contributed by atoms with Crippen molar-refractivity contribution >= 4 is 5.97 Å². The monoisotopic (exact) mass is 400 g/mol. The largest absolute Gasteiger partial charge is 0.462 e. The number of allylic oxidation sites excluding steroid dienone is 1. The summed E-state index contributed by atoms with van der Waals surface area (Å²) in [6.07, 6.45) is 14.4. The number of fused-ring (bicyclic) bond motifs is 5. The van der Waals surface area contributed by atoms with Gasteiger partial charge in [-0.2, -0.15) is 0 Å². The molecule has 0 aliphatic heterocycles. The van der Waals surface area contributed by atoms with Crippen molar-refractivity contribution in [2.45, 2.75) is 105 Å². The van der Waals surface area contributed by atoms with Crippen LogP contribution in [-0.2, 0) is 9.53 Å². The average Bonchev–Trinajstić information content (AvgIpc) is 2.98. The first kappa shape index (κ1) is 21.4. The highest BCUT2D eigenvalue weighted by Gasteiger charge is 2.59. The van der Waals surface area contributed by atoms with Crippen molar-refractivity contribution in [3.63, 3.8) is 0 Å². The predicted molar refractivity (Wildman–Crippen MR) is 119 cm³/mol. The van der Waals surface area contributed by atoms with Gasteiger partial charge in [-0.05, 0) is 97.7 Å². The van der Waals surface area contributed by atoms with E-state index in [1.165, 1.54) is 44.9 Å². The summed E-state index contributed by atoms with van der Waals surface area (Å²) in [7, 11) is 0. The van der Waals surface area contributed by atoms with Crippen molar-refractivity contribution in [1.82, 2.24) is 0 Å². The van der Waals surface area contributed by atoms with Gasteiger partial charge in [0, 0.05) is 13.3 Å². The fourth-order valence-electron chi connectivity index (χ4n) is 8.85. The van der Waals surface area contributed by atoms with Crippen molar-refractivity contribution in [3.05, 3.63) is 11.6 Å². The molecular formula is C27H44O2. The van der Waals surface area contributed by atoms with Crippen molar-refractivity contribution in [3.8, 4) is 0 Å². The normalized spacial score (nSPS) is 45.1. The molecule has 4 aliphatic rings. The molecule has 0 aromatic carbocycles. The third-order valence-electron chi connectivity index (χ3n) is 9.99. The van der Waals surface area contributed by atoms with Crippen LogP contribution in [0.2, 0.25) is 0 Å². The van der Waals surface area contributed by atoms with Gasteiger partial charge < -0.3 is 4.74 Å². The van der Waals surface area contributed by atoms with Crippen molar-refractivity contribution in [2.24, 2.45) is 46.3 Å². The minimum absolute atomic E-state index is 0.116. The van der Waals surface area contributed by atoms with Crippen LogP contribution >= 0.6 is 0 Å². The van der Waals surface area contributed by atoms with Gasteiger partial charge in [-0.25, -0.2) is 0 Å². The molecule has 29 heavy (non-hydrogen) atoms. The molecule has 0 aromatic heterocycles. The molecule has 8 unspecified atom stereocenters. The van der Waals surface area contributed by atoms with Gasteiger partial charge in [0.05, 0.1) is 0 Å². The van der Waals surface area contributed by atoms with E-state index in [-0.39, 0.29) is 12.1 Å². The van der Waals surface area contributed by atoms with E-state index in [1.54, 1.807) is 12.5 Å². The lowest BCUT2D eigenvalue weighted by Gasteiger charge is -2.58. The highest BCUT2D eigenvalue weighted by molar-refractivity contribution is 5.66. The Kier molecular flexibility index (Phi) is 5.71. The highest BCUT2D eigenvalue weighted by atomic mass is 16.5. The molecule has 3 fully saturated rings. The van der Waals surface area contributed by atoms with Gasteiger partial charge in [0.1, 0.15) is 6.10 Å². The molecule has 164 valence electrons. The van der Waals surface area contributed by atoms with Crippen LogP contribution < -0.4 is 0 Å². The summed E-state index contributed by atoms with van der Waals surface area (Å²) >= 11 is 0. The lowest BCUT2D eigenvalue weighted by molar-refractivity contribution is -0.148. The maximum absolute atomic E-state index is 11.5. The van der Waals surface area contributed by atoms with Gasteiger partial charge in [0.25, 0.3) is 0 Å². The smallest absolute Gasteiger partial charge is 0.302 e. The Morgan fingerprint density at radius 1 is 1.10 bits per heavy atom. The second-order valence-electron chi connectivity index (χ2n) is 12.1. The summed E-state index contributed by atoms with van der Waals surface area (Å²) in [5.41, 5.74) is 2.52. The van der Waals surface area contributed by atoms with Gasteiger partial charge >= 0.3 is 5.97 Å². The Morgan fingerprint density at radius 3 is 2.55 bits per heavy atom. The van der Waals surface area contributed by atoms with Crippen LogP contribution in [0.5, 0.6) is 0 Å². The van der Waals surface area contributed by atoms with E-state index in [1.807, 2.05) is 0 Å². The predicted octanol–water partition coefficient (Wildman–Crippen LogP) is 7.18. The van der Waals surface area contributed by atoms with Gasteiger partial charge in [-0.15, -0.1) is 0 Å². The van der Waals surface area contributed by atoms with Gasteiger partial charge in [-0.1, -0.05) is 46.3 Å². The number of ether oxygens (including phenoxy) is 1. The zero-order chi connectivity index (χ0) is 21.0. The van der Waals surface area contributed by atoms with Crippen LogP contribution in [0.25, 0.3) is 0 Å². The fourth-order valence-corrected chi connectivity index (χ4v) is 8.85. The molecule has 4 rings (SSSR count). The maximum Gasteiger partial charge on any atom is 0.302 e. The van der Waals surface area contributed by atoms with Crippen LogP contribution in [0, 0.1) is 46.3 Å². The van der Waals surface area contributed by atoms with Crippen molar-refractivity contribution in [2.75, 3.05) is 0 Å². The first-order valence-electron chi connectivity index (χ1n) is 12.5. The first-order chi connectivity index (χ1) is 13.6. The second kappa shape index (κ2) is 7.72. The average molecular weight is 401 g/mol. The summed E-state index contributed by atoms with van der Waals surface area (Å²) in [5, 5.41) is 0. The van der Waals surface area contributed by atoms with Gasteiger partial charge in [0.2, 0.25) is 0 Å². The standard InChI is InChI=1S/C27H44O2/c1-17(2)15-18(3)23-9-10-24-22-8-7-20-16-21(29-19(4)28)11-13-26(20,5)25(22)12-14-27(23,24)6/h7,17-18,21-25H,8-16H2,1-6H3. The molecule has 0 saturated heterocycles. The van der Waals surface area contributed by atoms with E-state index in [9.17, 15) is 4.79 Å². The number of carbonyl (C=O) groups is 1. The lowest BCUT2D eigenvalue weighted by atomic mass is 9.47. The first-order valence-corrected chi connectivity index (χ1v) is 12.5. The van der Waals surface area contributed by atoms with E-state index < -0.39 is 0 Å². The van der Waals surface area contributed by atoms with E-state index in [2.05, 4.69) is 40.7 Å². The van der Waals surface area contributed by atoms with Crippen LogP contribution in [0.15, 0.2) is 11.6 Å². The number of rotatable bonds is 4. The Morgan fingerprint density at radius 2 is 1.86 bits per heavy atom. The SMILES string of the molecule is CC(=O)OC1CCC2(C)C(=CCC3C2CCC2(C)C(C(C)CC(C)C)CCC32)C1. The summed E-state index contributed by atoms with van der Waals surface area (Å²) in [6.45, 7) is 14.1. The van der Waals surface area contributed by atoms with Crippen LogP contribution in [0.3, 0.4) is 0 Å². The zero-order valence-corrected chi connectivity index (χ0v) is 19.8. The molecule has 3 saturated carbocycles. The summed E-state index contributed by atoms with van der Waals surface area (Å²) < 4.78 is 5.60. The Bertz CT molecular complexity index is 663. The summed E-state index contributed by atoms with van der Waals surface area (Å²) in [5.74, 6) is 5.13. The van der Waals surface area contributed by atoms with Crippen molar-refractivity contribution < 1.29 is 9.53 Å². The molecule has 8 atom stereocenters. The number of hydrogen-bond donors (Lipinski definition) is 0. The van der Waals surface area contributed by atoms with E-state index in [0.29, 0.717) is 10.8 Å². The molecule has 0 aromatic rings. The zero-order valence-electron chi connectivity index (χ0n) is 19.8. The molecule has 0 radical (unpaired) electrons. The van der Waals surface area contributed by atoms with Gasteiger partial charge in [0.15, 0.2) is 0 Å². The van der Waals surface area contributed by atoms with Crippen LogP contribution in [0.1, 0.15) is 99.3 Å².